The second kappa shape index (κ2) is 6.44. The quantitative estimate of drug-likeness (QED) is 0.642. The minimum absolute atomic E-state index is 0.791. The van der Waals surface area contributed by atoms with Crippen LogP contribution in [0.1, 0.15) is 58.8 Å². The molecule has 0 spiro atoms. The summed E-state index contributed by atoms with van der Waals surface area (Å²) >= 11 is 0. The van der Waals surface area contributed by atoms with Crippen molar-refractivity contribution >= 4 is 0 Å². The van der Waals surface area contributed by atoms with Gasteiger partial charge in [0.2, 0.25) is 0 Å². The van der Waals surface area contributed by atoms with E-state index < -0.39 is 0 Å². The molecule has 1 nitrogen and oxygen atoms in total. The van der Waals surface area contributed by atoms with Crippen LogP contribution in [0.3, 0.4) is 0 Å². The lowest BCUT2D eigenvalue weighted by atomic mass is 9.87. The Morgan fingerprint density at radius 3 is 2.57 bits per heavy atom. The summed E-state index contributed by atoms with van der Waals surface area (Å²) in [7, 11) is 2.14. The normalized spacial score (nSPS) is 29.4. The van der Waals surface area contributed by atoms with E-state index >= 15 is 0 Å². The van der Waals surface area contributed by atoms with Gasteiger partial charge >= 0.3 is 0 Å². The van der Waals surface area contributed by atoms with Crippen molar-refractivity contribution in [3.63, 3.8) is 0 Å². The summed E-state index contributed by atoms with van der Waals surface area (Å²) in [6.45, 7) is 4.72. The van der Waals surface area contributed by atoms with Crippen molar-refractivity contribution in [3.8, 4) is 0 Å². The van der Waals surface area contributed by atoms with E-state index in [-0.39, 0.29) is 0 Å². The molecule has 0 saturated heterocycles. The molecule has 0 aliphatic heterocycles. The Morgan fingerprint density at radius 1 is 1.29 bits per heavy atom. The highest BCUT2D eigenvalue weighted by Gasteiger charge is 2.29. The Balaban J connectivity index is 2.29. The molecule has 1 fully saturated rings. The molecule has 1 heteroatoms. The van der Waals surface area contributed by atoms with Crippen LogP contribution in [0.25, 0.3) is 0 Å². The van der Waals surface area contributed by atoms with Crippen molar-refractivity contribution in [2.24, 2.45) is 11.8 Å². The number of unbranched alkanes of at least 4 members (excludes halogenated alkanes) is 2. The minimum Gasteiger partial charge on any atom is -0.317 e. The van der Waals surface area contributed by atoms with Gasteiger partial charge in [-0.25, -0.2) is 0 Å². The largest absolute Gasteiger partial charge is 0.317 e. The molecule has 1 rings (SSSR count). The Hall–Kier alpha value is -0.0400. The Morgan fingerprint density at radius 2 is 2.07 bits per heavy atom. The first-order valence-corrected chi connectivity index (χ1v) is 6.46. The van der Waals surface area contributed by atoms with E-state index in [1.165, 1.54) is 44.9 Å². The zero-order valence-corrected chi connectivity index (χ0v) is 10.2. The summed E-state index contributed by atoms with van der Waals surface area (Å²) in [6, 6.07) is 0.791. The highest BCUT2D eigenvalue weighted by atomic mass is 14.9. The molecule has 0 aromatic rings. The summed E-state index contributed by atoms with van der Waals surface area (Å²) in [6.07, 6.45) is 9.91. The number of rotatable bonds is 6. The first-order valence-electron chi connectivity index (χ1n) is 6.46. The zero-order chi connectivity index (χ0) is 10.4. The fourth-order valence-electron chi connectivity index (χ4n) is 2.96. The molecule has 0 amide bonds. The molecule has 1 N–H and O–H groups in total. The van der Waals surface area contributed by atoms with Crippen LogP contribution >= 0.6 is 0 Å². The summed E-state index contributed by atoms with van der Waals surface area (Å²) in [5, 5.41) is 3.53. The molecule has 84 valence electrons. The van der Waals surface area contributed by atoms with E-state index in [4.69, 9.17) is 0 Å². The molecule has 0 aromatic heterocycles. The Bertz CT molecular complexity index is 144. The molecule has 0 heterocycles. The number of hydrogen-bond acceptors (Lipinski definition) is 1. The van der Waals surface area contributed by atoms with Crippen molar-refractivity contribution in [2.75, 3.05) is 7.05 Å². The van der Waals surface area contributed by atoms with Crippen LogP contribution in [0, 0.1) is 11.8 Å². The maximum Gasteiger partial charge on any atom is 0.00948 e. The Kier molecular flexibility index (Phi) is 5.54. The van der Waals surface area contributed by atoms with Crippen LogP contribution in [-0.4, -0.2) is 13.1 Å². The molecule has 1 saturated carbocycles. The van der Waals surface area contributed by atoms with Crippen LogP contribution in [0.15, 0.2) is 0 Å². The van der Waals surface area contributed by atoms with E-state index in [1.54, 1.807) is 0 Å². The van der Waals surface area contributed by atoms with Gasteiger partial charge in [0.1, 0.15) is 0 Å². The summed E-state index contributed by atoms with van der Waals surface area (Å²) < 4.78 is 0. The van der Waals surface area contributed by atoms with Gasteiger partial charge in [0.15, 0.2) is 0 Å². The molecular weight excluding hydrogens is 170 g/mol. The van der Waals surface area contributed by atoms with Gasteiger partial charge in [0, 0.05) is 6.04 Å². The predicted octanol–water partition coefficient (Wildman–Crippen LogP) is 3.59. The van der Waals surface area contributed by atoms with Crippen molar-refractivity contribution in [2.45, 2.75) is 64.8 Å². The van der Waals surface area contributed by atoms with Crippen LogP contribution < -0.4 is 5.32 Å². The lowest BCUT2D eigenvalue weighted by Crippen LogP contribution is -2.34. The molecule has 3 atom stereocenters. The SMILES string of the molecule is CCCCCC(NC)C1CCCC1C. The smallest absolute Gasteiger partial charge is 0.00948 e. The predicted molar refractivity (Wildman–Crippen MR) is 63.5 cm³/mol. The zero-order valence-electron chi connectivity index (χ0n) is 10.2. The van der Waals surface area contributed by atoms with Gasteiger partial charge in [-0.1, -0.05) is 46.0 Å². The maximum atomic E-state index is 3.53. The van der Waals surface area contributed by atoms with E-state index in [1.807, 2.05) is 0 Å². The Labute approximate surface area is 89.7 Å². The van der Waals surface area contributed by atoms with E-state index in [2.05, 4.69) is 26.2 Å². The van der Waals surface area contributed by atoms with Crippen LogP contribution in [0.4, 0.5) is 0 Å². The number of hydrogen-bond donors (Lipinski definition) is 1. The van der Waals surface area contributed by atoms with E-state index in [9.17, 15) is 0 Å². The molecular formula is C13H27N. The average Bonchev–Trinajstić information content (AvgIpc) is 2.60. The molecule has 0 radical (unpaired) electrons. The fourth-order valence-corrected chi connectivity index (χ4v) is 2.96. The molecule has 1 aliphatic carbocycles. The molecule has 3 unspecified atom stereocenters. The van der Waals surface area contributed by atoms with Gasteiger partial charge in [0.25, 0.3) is 0 Å². The van der Waals surface area contributed by atoms with E-state index in [0.29, 0.717) is 0 Å². The maximum absolute atomic E-state index is 3.53. The van der Waals surface area contributed by atoms with E-state index in [0.717, 1.165) is 17.9 Å². The number of nitrogens with one attached hydrogen (secondary N) is 1. The van der Waals surface area contributed by atoms with Gasteiger partial charge in [0.05, 0.1) is 0 Å². The highest BCUT2D eigenvalue weighted by molar-refractivity contribution is 4.83. The van der Waals surface area contributed by atoms with Crippen molar-refractivity contribution in [1.29, 1.82) is 0 Å². The first kappa shape index (κ1) is 12.0. The van der Waals surface area contributed by atoms with Crippen molar-refractivity contribution < 1.29 is 0 Å². The monoisotopic (exact) mass is 197 g/mol. The third kappa shape index (κ3) is 3.27. The van der Waals surface area contributed by atoms with Gasteiger partial charge in [-0.05, 0) is 31.7 Å². The van der Waals surface area contributed by atoms with Gasteiger partial charge in [-0.3, -0.25) is 0 Å². The van der Waals surface area contributed by atoms with Gasteiger partial charge in [-0.15, -0.1) is 0 Å². The molecule has 0 aromatic carbocycles. The second-order valence-electron chi connectivity index (χ2n) is 4.96. The third-order valence-electron chi connectivity index (χ3n) is 3.93. The van der Waals surface area contributed by atoms with Crippen LogP contribution in [0.5, 0.6) is 0 Å². The average molecular weight is 197 g/mol. The van der Waals surface area contributed by atoms with Gasteiger partial charge < -0.3 is 5.32 Å². The topological polar surface area (TPSA) is 12.0 Å². The van der Waals surface area contributed by atoms with Crippen LogP contribution in [0.2, 0.25) is 0 Å². The fraction of sp³-hybridized carbons (Fsp3) is 1.00. The lowest BCUT2D eigenvalue weighted by Gasteiger charge is -2.26. The summed E-state index contributed by atoms with van der Waals surface area (Å²) in [5.74, 6) is 1.91. The first-order chi connectivity index (χ1) is 6.79. The van der Waals surface area contributed by atoms with Crippen molar-refractivity contribution in [3.05, 3.63) is 0 Å². The van der Waals surface area contributed by atoms with Gasteiger partial charge in [-0.2, -0.15) is 0 Å². The third-order valence-corrected chi connectivity index (χ3v) is 3.93. The summed E-state index contributed by atoms with van der Waals surface area (Å²) in [5.41, 5.74) is 0. The van der Waals surface area contributed by atoms with Crippen LogP contribution in [-0.2, 0) is 0 Å². The lowest BCUT2D eigenvalue weighted by molar-refractivity contribution is 0.290. The minimum atomic E-state index is 0.791. The highest BCUT2D eigenvalue weighted by Crippen LogP contribution is 2.35. The van der Waals surface area contributed by atoms with Crippen molar-refractivity contribution in [1.82, 2.24) is 5.32 Å². The molecule has 1 aliphatic rings. The molecule has 0 bridgehead atoms. The summed E-state index contributed by atoms with van der Waals surface area (Å²) in [4.78, 5) is 0. The molecule has 14 heavy (non-hydrogen) atoms. The second-order valence-corrected chi connectivity index (χ2v) is 4.96. The standard InChI is InChI=1S/C13H27N/c1-4-5-6-10-13(14-3)12-9-7-8-11(12)2/h11-14H,4-10H2,1-3H3.